The Balaban J connectivity index is 0.000000568. The van der Waals surface area contributed by atoms with Gasteiger partial charge in [-0.15, -0.1) is 0 Å². The first-order valence-electron chi connectivity index (χ1n) is 7.42. The molecule has 0 aromatic heterocycles. The first kappa shape index (κ1) is 21.4. The topological polar surface area (TPSA) is 100 Å². The van der Waals surface area contributed by atoms with E-state index in [-0.39, 0.29) is 0 Å². The van der Waals surface area contributed by atoms with Gasteiger partial charge in [-0.2, -0.15) is 0 Å². The van der Waals surface area contributed by atoms with Crippen molar-refractivity contribution in [3.8, 4) is 0 Å². The summed E-state index contributed by atoms with van der Waals surface area (Å²) >= 11 is 0. The van der Waals surface area contributed by atoms with Crippen LogP contribution in [0.3, 0.4) is 0 Å². The minimum Gasteiger partial charge on any atom is -0.387 e. The number of esters is 2. The predicted molar refractivity (Wildman–Crippen MR) is 83.3 cm³/mol. The zero-order chi connectivity index (χ0) is 17.6. The minimum absolute atomic E-state index is 0.450. The smallest absolute Gasteiger partial charge is 0.387 e. The zero-order valence-corrected chi connectivity index (χ0v) is 14.7. The van der Waals surface area contributed by atoms with Gasteiger partial charge in [0.25, 0.3) is 0 Å². The number of hydrogen-bond donors (Lipinski definition) is 0. The van der Waals surface area contributed by atoms with Gasteiger partial charge in [0.05, 0.1) is 6.54 Å². The Hall–Kier alpha value is -1.64. The van der Waals surface area contributed by atoms with E-state index in [1.165, 1.54) is 6.08 Å². The molecule has 0 radical (unpaired) electrons. The lowest BCUT2D eigenvalue weighted by Crippen LogP contribution is -2.46. The number of carbonyl (C=O) groups excluding carboxylic acids is 3. The third kappa shape index (κ3) is 9.87. The number of carbonyl (C=O) groups is 2. The average Bonchev–Trinajstić information content (AvgIpc) is 2.89. The molecule has 1 rings (SSSR count). The summed E-state index contributed by atoms with van der Waals surface area (Å²) in [6.07, 6.45) is 4.41. The maximum atomic E-state index is 9.93. The zero-order valence-electron chi connectivity index (χ0n) is 13.7. The van der Waals surface area contributed by atoms with Gasteiger partial charge in [-0.05, 0) is 27.2 Å². The summed E-state index contributed by atoms with van der Waals surface area (Å²) in [5, 5.41) is 0. The summed E-state index contributed by atoms with van der Waals surface area (Å²) in [5.41, 5.74) is 0. The van der Waals surface area contributed by atoms with E-state index in [9.17, 15) is 14.4 Å². The van der Waals surface area contributed by atoms with Crippen molar-refractivity contribution in [1.29, 1.82) is 0 Å². The molecule has 0 saturated heterocycles. The molecule has 0 aromatic rings. The molecule has 1 aliphatic rings. The lowest BCUT2D eigenvalue weighted by molar-refractivity contribution is -0.150. The van der Waals surface area contributed by atoms with Gasteiger partial charge in [0.15, 0.2) is 0 Å². The molecular formula is C14H23NO7Si. The molecule has 0 bridgehead atoms. The second-order valence-electron chi connectivity index (χ2n) is 4.13. The van der Waals surface area contributed by atoms with Crippen LogP contribution < -0.4 is 0 Å². The first-order valence-corrected chi connectivity index (χ1v) is 9.36. The molecule has 23 heavy (non-hydrogen) atoms. The highest BCUT2D eigenvalue weighted by molar-refractivity contribution is 6.60. The van der Waals surface area contributed by atoms with Crippen molar-refractivity contribution in [2.75, 3.05) is 26.4 Å². The molecule has 8 nitrogen and oxygen atoms in total. The van der Waals surface area contributed by atoms with E-state index < -0.39 is 20.7 Å². The summed E-state index contributed by atoms with van der Waals surface area (Å²) in [6, 6.07) is 0.688. The van der Waals surface area contributed by atoms with Crippen LogP contribution in [0.15, 0.2) is 17.1 Å². The largest absolute Gasteiger partial charge is 0.500 e. The van der Waals surface area contributed by atoms with Gasteiger partial charge in [0.1, 0.15) is 0 Å². The molecule has 0 N–H and O–H groups in total. The molecule has 1 heterocycles. The molecule has 0 amide bonds. The minimum atomic E-state index is -2.54. The molecule has 0 atom stereocenters. The summed E-state index contributed by atoms with van der Waals surface area (Å²) in [6.45, 7) is 7.93. The molecule has 9 heteroatoms. The van der Waals surface area contributed by atoms with Crippen molar-refractivity contribution in [2.24, 2.45) is 4.99 Å². The van der Waals surface area contributed by atoms with Crippen LogP contribution in [0.2, 0.25) is 6.04 Å². The monoisotopic (exact) mass is 345 g/mol. The highest BCUT2D eigenvalue weighted by atomic mass is 28.4. The number of nitrogens with zero attached hydrogens (tertiary/aromatic N) is 1. The van der Waals surface area contributed by atoms with Gasteiger partial charge in [0.2, 0.25) is 6.08 Å². The molecule has 130 valence electrons. The quantitative estimate of drug-likeness (QED) is 0.147. The summed E-state index contributed by atoms with van der Waals surface area (Å²) in [5.74, 6) is -1.16. The van der Waals surface area contributed by atoms with Crippen LogP contribution in [0, 0.1) is 0 Å². The normalized spacial score (nSPS) is 13.2. The molecule has 0 aliphatic carbocycles. The van der Waals surface area contributed by atoms with E-state index in [1.54, 1.807) is 0 Å². The van der Waals surface area contributed by atoms with Crippen molar-refractivity contribution in [3.05, 3.63) is 12.2 Å². The SMILES string of the molecule is CCO[Si](CCCN=C=O)(OCC)OCC.O=C1C=CC(=O)O1. The summed E-state index contributed by atoms with van der Waals surface area (Å²) in [7, 11) is -2.54. The van der Waals surface area contributed by atoms with Crippen LogP contribution in [-0.2, 0) is 32.4 Å². The third-order valence-electron chi connectivity index (χ3n) is 2.47. The summed E-state index contributed by atoms with van der Waals surface area (Å²) < 4.78 is 20.9. The average molecular weight is 345 g/mol. The third-order valence-corrected chi connectivity index (χ3v) is 5.62. The Kier molecular flexibility index (Phi) is 11.9. The molecular weight excluding hydrogens is 322 g/mol. The van der Waals surface area contributed by atoms with Crippen molar-refractivity contribution in [2.45, 2.75) is 33.2 Å². The first-order chi connectivity index (χ1) is 11.0. The second-order valence-corrected chi connectivity index (χ2v) is 6.86. The van der Waals surface area contributed by atoms with E-state index in [0.717, 1.165) is 18.6 Å². The lowest BCUT2D eigenvalue weighted by atomic mass is 10.5. The van der Waals surface area contributed by atoms with Crippen LogP contribution in [0.4, 0.5) is 0 Å². The molecule has 0 saturated carbocycles. The van der Waals surface area contributed by atoms with Crippen LogP contribution in [0.1, 0.15) is 27.2 Å². The van der Waals surface area contributed by atoms with Crippen molar-refractivity contribution in [1.82, 2.24) is 0 Å². The van der Waals surface area contributed by atoms with Gasteiger partial charge in [-0.1, -0.05) is 0 Å². The van der Waals surface area contributed by atoms with Crippen LogP contribution >= 0.6 is 0 Å². The van der Waals surface area contributed by atoms with Gasteiger partial charge in [0, 0.05) is 38.0 Å². The molecule has 0 aromatic carbocycles. The van der Waals surface area contributed by atoms with Crippen LogP contribution in [0.25, 0.3) is 0 Å². The number of cyclic esters (lactones) is 2. The Bertz CT molecular complexity index is 413. The molecule has 1 aliphatic heterocycles. The van der Waals surface area contributed by atoms with E-state index in [4.69, 9.17) is 13.3 Å². The van der Waals surface area contributed by atoms with Crippen LogP contribution in [-0.4, -0.2) is 53.2 Å². The number of hydrogen-bond acceptors (Lipinski definition) is 8. The van der Waals surface area contributed by atoms with Crippen molar-refractivity contribution >= 4 is 26.8 Å². The molecule has 0 fully saturated rings. The fraction of sp³-hybridized carbons (Fsp3) is 0.643. The van der Waals surface area contributed by atoms with E-state index in [1.807, 2.05) is 20.8 Å². The van der Waals surface area contributed by atoms with Gasteiger partial charge < -0.3 is 18.0 Å². The van der Waals surface area contributed by atoms with Gasteiger partial charge in [-0.3, -0.25) is 0 Å². The Morgan fingerprint density at radius 1 is 1.04 bits per heavy atom. The highest BCUT2D eigenvalue weighted by Gasteiger charge is 2.39. The second kappa shape index (κ2) is 12.9. The van der Waals surface area contributed by atoms with Crippen LogP contribution in [0.5, 0.6) is 0 Å². The lowest BCUT2D eigenvalue weighted by Gasteiger charge is -2.28. The van der Waals surface area contributed by atoms with Crippen molar-refractivity contribution < 1.29 is 32.4 Å². The number of isocyanates is 1. The maximum absolute atomic E-state index is 9.93. The fourth-order valence-electron chi connectivity index (χ4n) is 1.72. The Labute approximate surface area is 136 Å². The van der Waals surface area contributed by atoms with Gasteiger partial charge >= 0.3 is 20.7 Å². The molecule has 0 spiro atoms. The molecule has 0 unspecified atom stereocenters. The summed E-state index contributed by atoms with van der Waals surface area (Å²) in [4.78, 5) is 33.3. The van der Waals surface area contributed by atoms with E-state index >= 15 is 0 Å². The fourth-order valence-corrected chi connectivity index (χ4v) is 4.32. The van der Waals surface area contributed by atoms with Gasteiger partial charge in [-0.25, -0.2) is 19.4 Å². The standard InChI is InChI=1S/C10H21NO4Si.C4H2O3/c1-4-13-16(14-5-2,15-6-3)9-7-8-11-10-12;5-3-1-2-4(6)7-3/h4-9H2,1-3H3;1-2H. The van der Waals surface area contributed by atoms with Crippen molar-refractivity contribution in [3.63, 3.8) is 0 Å². The maximum Gasteiger partial charge on any atom is 0.500 e. The number of aliphatic imine (C=N–C) groups is 1. The number of ether oxygens (including phenoxy) is 1. The Morgan fingerprint density at radius 3 is 1.83 bits per heavy atom. The van der Waals surface area contributed by atoms with E-state index in [0.29, 0.717) is 32.4 Å². The Morgan fingerprint density at radius 2 is 1.52 bits per heavy atom. The highest BCUT2D eigenvalue weighted by Crippen LogP contribution is 2.17. The van der Waals surface area contributed by atoms with E-state index in [2.05, 4.69) is 9.73 Å². The number of rotatable bonds is 10. The predicted octanol–water partition coefficient (Wildman–Crippen LogP) is 1.39.